The number of benzene rings is 1. The maximum absolute atomic E-state index is 11.8. The molecular formula is C13H13Cl2N3O4. The van der Waals surface area contributed by atoms with Gasteiger partial charge in [0.15, 0.2) is 12.4 Å². The first-order valence-corrected chi connectivity index (χ1v) is 6.78. The second-order valence-corrected chi connectivity index (χ2v) is 4.99. The molecule has 2 amide bonds. The summed E-state index contributed by atoms with van der Waals surface area (Å²) in [7, 11) is 0. The average molecular weight is 346 g/mol. The van der Waals surface area contributed by atoms with Crippen molar-refractivity contribution in [2.45, 2.75) is 13.3 Å². The molecule has 0 unspecified atom stereocenters. The summed E-state index contributed by atoms with van der Waals surface area (Å²) in [5.74, 6) is -1.36. The maximum Gasteiger partial charge on any atom is 0.437 e. The van der Waals surface area contributed by atoms with Crippen LogP contribution in [0.2, 0.25) is 10.0 Å². The summed E-state index contributed by atoms with van der Waals surface area (Å²) >= 11 is 11.9. The van der Waals surface area contributed by atoms with Crippen molar-refractivity contribution in [1.82, 2.24) is 5.32 Å². The van der Waals surface area contributed by atoms with Gasteiger partial charge >= 0.3 is 6.09 Å². The summed E-state index contributed by atoms with van der Waals surface area (Å²) in [5.41, 5.74) is 5.80. The Morgan fingerprint density at radius 2 is 1.86 bits per heavy atom. The third kappa shape index (κ3) is 6.11. The molecule has 0 radical (unpaired) electrons. The Bertz CT molecular complexity index is 611. The number of ketones is 1. The van der Waals surface area contributed by atoms with Crippen molar-refractivity contribution < 1.29 is 19.1 Å². The smallest absolute Gasteiger partial charge is 0.437 e. The zero-order valence-electron chi connectivity index (χ0n) is 11.6. The molecule has 0 heterocycles. The van der Waals surface area contributed by atoms with E-state index in [9.17, 15) is 14.4 Å². The molecule has 22 heavy (non-hydrogen) atoms. The number of guanidine groups is 1. The average Bonchev–Trinajstić information content (AvgIpc) is 2.40. The van der Waals surface area contributed by atoms with E-state index in [1.54, 1.807) is 18.2 Å². The maximum atomic E-state index is 11.8. The first-order chi connectivity index (χ1) is 10.3. The highest BCUT2D eigenvalue weighted by atomic mass is 35.5. The predicted octanol–water partition coefficient (Wildman–Crippen LogP) is 1.69. The lowest BCUT2D eigenvalue weighted by atomic mass is 10.1. The SMILES string of the molecule is CC(=O)COC(=O)N=C(N)NC(=O)Cc1c(Cl)cccc1Cl. The van der Waals surface area contributed by atoms with E-state index < -0.39 is 24.6 Å². The second kappa shape index (κ2) is 8.35. The molecule has 0 atom stereocenters. The quantitative estimate of drug-likeness (QED) is 0.637. The third-order valence-corrected chi connectivity index (χ3v) is 2.99. The molecule has 0 saturated heterocycles. The number of rotatable bonds is 4. The molecule has 0 aliphatic rings. The first-order valence-electron chi connectivity index (χ1n) is 6.02. The number of carbonyl (C=O) groups is 3. The van der Waals surface area contributed by atoms with Crippen LogP contribution in [0.4, 0.5) is 4.79 Å². The van der Waals surface area contributed by atoms with Crippen LogP contribution in [0.1, 0.15) is 12.5 Å². The molecule has 0 spiro atoms. The van der Waals surface area contributed by atoms with Crippen molar-refractivity contribution >= 4 is 46.9 Å². The minimum Gasteiger partial charge on any atom is -0.440 e. The number of hydrogen-bond acceptors (Lipinski definition) is 4. The molecular weight excluding hydrogens is 333 g/mol. The Hall–Kier alpha value is -2.12. The number of nitrogens with one attached hydrogen (secondary N) is 1. The number of aliphatic imine (C=N–C) groups is 1. The van der Waals surface area contributed by atoms with E-state index in [0.29, 0.717) is 15.6 Å². The lowest BCUT2D eigenvalue weighted by Crippen LogP contribution is -2.38. The fourth-order valence-corrected chi connectivity index (χ4v) is 1.90. The zero-order chi connectivity index (χ0) is 16.7. The van der Waals surface area contributed by atoms with Gasteiger partial charge in [0.05, 0.1) is 6.42 Å². The van der Waals surface area contributed by atoms with Gasteiger partial charge in [0, 0.05) is 10.0 Å². The van der Waals surface area contributed by atoms with Crippen LogP contribution in [0, 0.1) is 0 Å². The lowest BCUT2D eigenvalue weighted by Gasteiger charge is -2.07. The highest BCUT2D eigenvalue weighted by Crippen LogP contribution is 2.24. The predicted molar refractivity (Wildman–Crippen MR) is 82.0 cm³/mol. The van der Waals surface area contributed by atoms with Crippen molar-refractivity contribution in [2.24, 2.45) is 10.7 Å². The summed E-state index contributed by atoms with van der Waals surface area (Å²) in [6.45, 7) is 0.828. The van der Waals surface area contributed by atoms with Crippen LogP contribution < -0.4 is 11.1 Å². The van der Waals surface area contributed by atoms with Gasteiger partial charge in [-0.15, -0.1) is 4.99 Å². The van der Waals surface area contributed by atoms with Crippen LogP contribution >= 0.6 is 23.2 Å². The van der Waals surface area contributed by atoms with Crippen molar-refractivity contribution in [3.63, 3.8) is 0 Å². The van der Waals surface area contributed by atoms with Crippen LogP contribution in [0.5, 0.6) is 0 Å². The summed E-state index contributed by atoms with van der Waals surface area (Å²) in [6.07, 6.45) is -1.22. The molecule has 0 fully saturated rings. The van der Waals surface area contributed by atoms with E-state index in [1.807, 2.05) is 0 Å². The Labute approximate surface area is 136 Å². The van der Waals surface area contributed by atoms with Crippen LogP contribution in [0.15, 0.2) is 23.2 Å². The van der Waals surface area contributed by atoms with Gasteiger partial charge in [0.1, 0.15) is 0 Å². The normalized spacial score (nSPS) is 11.0. The molecule has 7 nitrogen and oxygen atoms in total. The molecule has 9 heteroatoms. The van der Waals surface area contributed by atoms with Crippen molar-refractivity contribution in [3.8, 4) is 0 Å². The standard InChI is InChI=1S/C13H13Cl2N3O4/c1-7(19)6-22-13(21)18-12(16)17-11(20)5-8-9(14)3-2-4-10(8)15/h2-4H,5-6H2,1H3,(H3,16,17,18,20,21). The number of nitrogens with two attached hydrogens (primary N) is 1. The Balaban J connectivity index is 2.61. The summed E-state index contributed by atoms with van der Waals surface area (Å²) in [6, 6.07) is 4.83. The van der Waals surface area contributed by atoms with Gasteiger partial charge in [-0.2, -0.15) is 0 Å². The number of Topliss-reactive ketones (excluding diaryl/α,β-unsaturated/α-hetero) is 1. The molecule has 0 saturated carbocycles. The summed E-state index contributed by atoms with van der Waals surface area (Å²) in [4.78, 5) is 36.8. The van der Waals surface area contributed by atoms with Crippen LogP contribution in [0.3, 0.4) is 0 Å². The van der Waals surface area contributed by atoms with Gasteiger partial charge < -0.3 is 10.5 Å². The largest absolute Gasteiger partial charge is 0.440 e. The molecule has 118 valence electrons. The lowest BCUT2D eigenvalue weighted by molar-refractivity contribution is -0.120. The van der Waals surface area contributed by atoms with Gasteiger partial charge in [-0.25, -0.2) is 4.79 Å². The number of nitrogens with zero attached hydrogens (tertiary/aromatic N) is 1. The van der Waals surface area contributed by atoms with Gasteiger partial charge in [0.2, 0.25) is 11.9 Å². The second-order valence-electron chi connectivity index (χ2n) is 4.18. The topological polar surface area (TPSA) is 111 Å². The summed E-state index contributed by atoms with van der Waals surface area (Å²) < 4.78 is 4.46. The van der Waals surface area contributed by atoms with Gasteiger partial charge in [-0.3, -0.25) is 14.9 Å². The molecule has 3 N–H and O–H groups in total. The van der Waals surface area contributed by atoms with Gasteiger partial charge in [0.25, 0.3) is 0 Å². The molecule has 0 bridgehead atoms. The third-order valence-electron chi connectivity index (χ3n) is 2.28. The number of hydrogen-bond donors (Lipinski definition) is 2. The van der Waals surface area contributed by atoms with E-state index in [2.05, 4.69) is 15.0 Å². The molecule has 0 aliphatic carbocycles. The fraction of sp³-hybridized carbons (Fsp3) is 0.231. The van der Waals surface area contributed by atoms with Crippen LogP contribution in [-0.2, 0) is 20.7 Å². The fourth-order valence-electron chi connectivity index (χ4n) is 1.37. The minimum atomic E-state index is -1.08. The van der Waals surface area contributed by atoms with E-state index in [1.165, 1.54) is 6.92 Å². The van der Waals surface area contributed by atoms with Crippen molar-refractivity contribution in [2.75, 3.05) is 6.61 Å². The zero-order valence-corrected chi connectivity index (χ0v) is 13.1. The van der Waals surface area contributed by atoms with Crippen molar-refractivity contribution in [1.29, 1.82) is 0 Å². The van der Waals surface area contributed by atoms with E-state index in [4.69, 9.17) is 28.9 Å². The monoisotopic (exact) mass is 345 g/mol. The highest BCUT2D eigenvalue weighted by molar-refractivity contribution is 6.36. The van der Waals surface area contributed by atoms with E-state index >= 15 is 0 Å². The molecule has 1 rings (SSSR count). The van der Waals surface area contributed by atoms with Crippen LogP contribution in [0.25, 0.3) is 0 Å². The number of carbonyl (C=O) groups excluding carboxylic acids is 3. The number of amides is 2. The van der Waals surface area contributed by atoms with Crippen molar-refractivity contribution in [3.05, 3.63) is 33.8 Å². The Morgan fingerprint density at radius 3 is 2.41 bits per heavy atom. The van der Waals surface area contributed by atoms with E-state index in [-0.39, 0.29) is 12.2 Å². The minimum absolute atomic E-state index is 0.142. The molecule has 0 aliphatic heterocycles. The van der Waals surface area contributed by atoms with Gasteiger partial charge in [-0.1, -0.05) is 29.3 Å². The molecule has 1 aromatic rings. The van der Waals surface area contributed by atoms with E-state index in [0.717, 1.165) is 0 Å². The molecule has 1 aromatic carbocycles. The molecule has 0 aromatic heterocycles. The van der Waals surface area contributed by atoms with Crippen LogP contribution in [-0.4, -0.2) is 30.4 Å². The number of ether oxygens (including phenoxy) is 1. The number of halogens is 2. The Kier molecular flexibility index (Phi) is 6.81. The van der Waals surface area contributed by atoms with Gasteiger partial charge in [-0.05, 0) is 24.6 Å². The summed E-state index contributed by atoms with van der Waals surface area (Å²) in [5, 5.41) is 2.85. The first kappa shape index (κ1) is 17.9. The highest BCUT2D eigenvalue weighted by Gasteiger charge is 2.12. The Morgan fingerprint density at radius 1 is 1.27 bits per heavy atom.